The Kier molecular flexibility index (Phi) is 4.99. The smallest absolute Gasteiger partial charge is 0.356 e. The van der Waals surface area contributed by atoms with Crippen molar-refractivity contribution >= 4 is 44.4 Å². The largest absolute Gasteiger partial charge is 2.00 e. The van der Waals surface area contributed by atoms with Crippen LogP contribution in [0.1, 0.15) is 0 Å². The number of nitrogens with zero attached hydrogens (tertiary/aromatic N) is 12. The van der Waals surface area contributed by atoms with E-state index < -0.39 is 0 Å². The third-order valence-electron chi connectivity index (χ3n) is 6.74. The van der Waals surface area contributed by atoms with E-state index in [2.05, 4.69) is 19.9 Å². The van der Waals surface area contributed by atoms with Crippen LogP contribution in [0, 0.1) is 0 Å². The van der Waals surface area contributed by atoms with E-state index in [-0.39, 0.29) is 17.1 Å². The van der Waals surface area contributed by atoms with Crippen LogP contribution in [0.5, 0.6) is 0 Å². The zero-order valence-electron chi connectivity index (χ0n) is 20.6. The number of rotatable bonds is 0. The molecular formula is C28H12CuN12. The van der Waals surface area contributed by atoms with Crippen LogP contribution in [0.15, 0.2) is 73.3 Å². The summed E-state index contributed by atoms with van der Waals surface area (Å²) < 4.78 is 0. The van der Waals surface area contributed by atoms with Crippen molar-refractivity contribution in [2.45, 2.75) is 0 Å². The molecule has 7 aromatic rings. The van der Waals surface area contributed by atoms with Crippen molar-refractivity contribution in [1.82, 2.24) is 59.8 Å². The minimum Gasteiger partial charge on any atom is -0.356 e. The molecule has 0 aliphatic carbocycles. The van der Waals surface area contributed by atoms with Gasteiger partial charge < -0.3 is 29.9 Å². The van der Waals surface area contributed by atoms with E-state index in [0.717, 1.165) is 21.9 Å². The third-order valence-corrected chi connectivity index (χ3v) is 6.74. The van der Waals surface area contributed by atoms with Gasteiger partial charge in [0.05, 0.1) is 22.7 Å². The second-order valence-electron chi connectivity index (χ2n) is 9.08. The summed E-state index contributed by atoms with van der Waals surface area (Å²) in [5.74, 6) is 1.61. The summed E-state index contributed by atoms with van der Waals surface area (Å²) in [6.45, 7) is 0. The van der Waals surface area contributed by atoms with E-state index >= 15 is 0 Å². The van der Waals surface area contributed by atoms with Gasteiger partial charge in [0.1, 0.15) is 23.0 Å². The average Bonchev–Trinajstić information content (AvgIpc) is 3.73. The molecule has 2 aliphatic rings. The van der Waals surface area contributed by atoms with Gasteiger partial charge >= 0.3 is 17.1 Å². The van der Waals surface area contributed by atoms with Crippen LogP contribution < -0.4 is 9.97 Å². The Labute approximate surface area is 240 Å². The maximum Gasteiger partial charge on any atom is 2.00 e. The fraction of sp³-hybridized carbons (Fsp3) is 0. The Morgan fingerprint density at radius 2 is 0.829 bits per heavy atom. The van der Waals surface area contributed by atoms with Gasteiger partial charge in [-0.1, -0.05) is 12.1 Å². The van der Waals surface area contributed by atoms with Crippen molar-refractivity contribution < 1.29 is 17.1 Å². The summed E-state index contributed by atoms with van der Waals surface area (Å²) in [4.78, 5) is 56.4. The minimum absolute atomic E-state index is 0. The van der Waals surface area contributed by atoms with E-state index in [1.165, 1.54) is 0 Å². The predicted molar refractivity (Wildman–Crippen MR) is 145 cm³/mol. The first kappa shape index (κ1) is 23.4. The Hall–Kier alpha value is -5.52. The molecule has 1 radical (unpaired) electrons. The van der Waals surface area contributed by atoms with Crippen molar-refractivity contribution in [3.05, 3.63) is 73.3 Å². The first-order valence-electron chi connectivity index (χ1n) is 12.3. The van der Waals surface area contributed by atoms with Crippen LogP contribution in [0.4, 0.5) is 0 Å². The molecule has 0 aromatic carbocycles. The van der Waals surface area contributed by atoms with Crippen LogP contribution >= 0.6 is 0 Å². The molecule has 9 rings (SSSR count). The molecule has 0 atom stereocenters. The Morgan fingerprint density at radius 3 is 1.37 bits per heavy atom. The number of hydrogen-bond acceptors (Lipinski definition) is 10. The van der Waals surface area contributed by atoms with Gasteiger partial charge in [-0.3, -0.25) is 19.9 Å². The normalized spacial score (nSPS) is 11.7. The molecule has 0 spiro atoms. The van der Waals surface area contributed by atoms with Crippen LogP contribution in [-0.4, -0.2) is 49.8 Å². The second kappa shape index (κ2) is 8.74. The molecule has 2 aliphatic heterocycles. The molecule has 13 heteroatoms. The van der Waals surface area contributed by atoms with E-state index in [9.17, 15) is 0 Å². The summed E-state index contributed by atoms with van der Waals surface area (Å²) in [5, 5.41) is 1.46. The topological polar surface area (TPSA) is 157 Å². The number of fused-ring (bicyclic) bond motifs is 20. The molecule has 0 saturated heterocycles. The van der Waals surface area contributed by atoms with Gasteiger partial charge in [-0.15, -0.1) is 0 Å². The number of pyridine rings is 4. The molecule has 41 heavy (non-hydrogen) atoms. The first-order valence-corrected chi connectivity index (χ1v) is 12.3. The number of aromatic nitrogens is 12. The van der Waals surface area contributed by atoms with Crippen molar-refractivity contribution in [1.29, 1.82) is 0 Å². The van der Waals surface area contributed by atoms with Crippen molar-refractivity contribution in [3.8, 4) is 45.8 Å². The molecule has 0 fully saturated rings. The summed E-state index contributed by atoms with van der Waals surface area (Å²) >= 11 is 0. The monoisotopic (exact) mass is 579 g/mol. The maximum atomic E-state index is 4.84. The Morgan fingerprint density at radius 1 is 0.415 bits per heavy atom. The van der Waals surface area contributed by atoms with Gasteiger partial charge in [-0.2, -0.15) is 0 Å². The van der Waals surface area contributed by atoms with Crippen LogP contribution in [0.2, 0.25) is 0 Å². The summed E-state index contributed by atoms with van der Waals surface area (Å²) in [5.41, 5.74) is 5.44. The summed E-state index contributed by atoms with van der Waals surface area (Å²) in [7, 11) is 0. The van der Waals surface area contributed by atoms with Crippen molar-refractivity contribution in [2.24, 2.45) is 0 Å². The zero-order chi connectivity index (χ0) is 26.2. The van der Waals surface area contributed by atoms with E-state index in [1.54, 1.807) is 24.8 Å². The van der Waals surface area contributed by atoms with Crippen LogP contribution in [0.25, 0.3) is 90.2 Å². The molecule has 12 nitrogen and oxygen atoms in total. The molecule has 0 unspecified atom stereocenters. The summed E-state index contributed by atoms with van der Waals surface area (Å²) in [6.07, 6.45) is 6.78. The van der Waals surface area contributed by atoms with Crippen LogP contribution in [0.3, 0.4) is 0 Å². The van der Waals surface area contributed by atoms with Crippen LogP contribution in [-0.2, 0) is 17.1 Å². The average molecular weight is 580 g/mol. The summed E-state index contributed by atoms with van der Waals surface area (Å²) in [6, 6.07) is 14.9. The van der Waals surface area contributed by atoms with Gasteiger partial charge in [0.2, 0.25) is 0 Å². The Bertz CT molecular complexity index is 2040. The minimum atomic E-state index is 0. The zero-order valence-corrected chi connectivity index (χ0v) is 21.5. The maximum absolute atomic E-state index is 4.84. The van der Waals surface area contributed by atoms with Gasteiger partial charge in [0.15, 0.2) is 0 Å². The first-order chi connectivity index (χ1) is 19.8. The van der Waals surface area contributed by atoms with Gasteiger partial charge in [0, 0.05) is 69.3 Å². The quantitative estimate of drug-likeness (QED) is 0.240. The molecular weight excluding hydrogens is 568 g/mol. The molecule has 0 N–H and O–H groups in total. The SMILES string of the molecule is [Cu+2].c1cnc2c(c1)-c1nc-2nc2[n-]c(nc3nc(nc4[n-]c(n1)c1ncccc41)-c1cccnc1-3)c1ncccc21. The predicted octanol–water partition coefficient (Wildman–Crippen LogP) is 3.70. The molecule has 0 saturated carbocycles. The fourth-order valence-corrected chi connectivity index (χ4v) is 4.96. The molecule has 0 amide bonds. The van der Waals surface area contributed by atoms with Crippen molar-refractivity contribution in [3.63, 3.8) is 0 Å². The molecule has 7 aromatic heterocycles. The number of hydrogen-bond donors (Lipinski definition) is 0. The van der Waals surface area contributed by atoms with Crippen molar-refractivity contribution in [2.75, 3.05) is 0 Å². The van der Waals surface area contributed by atoms with Gasteiger partial charge in [0.25, 0.3) is 0 Å². The van der Waals surface area contributed by atoms with Gasteiger partial charge in [-0.25, -0.2) is 9.97 Å². The van der Waals surface area contributed by atoms with E-state index in [1.807, 2.05) is 48.5 Å². The van der Waals surface area contributed by atoms with Gasteiger partial charge in [-0.05, 0) is 36.4 Å². The Balaban J connectivity index is 0.00000256. The third kappa shape index (κ3) is 3.46. The van der Waals surface area contributed by atoms with E-state index in [0.29, 0.717) is 68.3 Å². The molecule has 195 valence electrons. The fourth-order valence-electron chi connectivity index (χ4n) is 4.96. The molecule has 8 bridgehead atoms. The second-order valence-corrected chi connectivity index (χ2v) is 9.08. The standard InChI is InChI=1S/C28H12N12.Cu/c1-5-13-17(29-9-1)25-34-21(13)33-22-14-6-2-11-31-19(14)27(35-22)40-28-20-16(8-4-12-32-20)24(39-28)38-26-18-15(7-3-10-30-18)23(36-25)37-26;/h1-12H;/q-2;+2. The van der Waals surface area contributed by atoms with E-state index in [4.69, 9.17) is 39.9 Å². The molecule has 9 heterocycles.